The second kappa shape index (κ2) is 9.37. The molecule has 3 amide bonds. The summed E-state index contributed by atoms with van der Waals surface area (Å²) in [6.45, 7) is 1.14. The van der Waals surface area contributed by atoms with Gasteiger partial charge in [0, 0.05) is 31.1 Å². The molecule has 1 aliphatic rings. The zero-order valence-corrected chi connectivity index (χ0v) is 16.7. The second-order valence-electron chi connectivity index (χ2n) is 6.60. The Bertz CT molecular complexity index is 892. The Balaban J connectivity index is 1.58. The number of amides is 3. The largest absolute Gasteiger partial charge is 0.465 e. The van der Waals surface area contributed by atoms with Crippen LogP contribution >= 0.6 is 11.3 Å². The van der Waals surface area contributed by atoms with E-state index in [1.54, 1.807) is 24.6 Å². The lowest BCUT2D eigenvalue weighted by Gasteiger charge is -2.29. The van der Waals surface area contributed by atoms with E-state index in [0.29, 0.717) is 47.9 Å². The molecule has 1 saturated heterocycles. The van der Waals surface area contributed by atoms with E-state index in [0.717, 1.165) is 0 Å². The predicted octanol–water partition coefficient (Wildman–Crippen LogP) is 3.11. The fourth-order valence-corrected chi connectivity index (χ4v) is 3.88. The number of likely N-dealkylation sites (tertiary alicyclic amines) is 1. The molecule has 0 bridgehead atoms. The standard InChI is InChI=1S/C19H22N4O5S/c1-20-16(24)15-11-29-17(21-15)13-4-2-3-5-14(13)22-18(25)28-10-12-6-8-23(9-7-12)19(26)27/h2-5,11-12H,6-10H2,1H3,(H,20,24)(H,22,25)(H,26,27). The van der Waals surface area contributed by atoms with Gasteiger partial charge in [0.15, 0.2) is 0 Å². The number of para-hydroxylation sites is 1. The molecular weight excluding hydrogens is 396 g/mol. The third-order valence-corrected chi connectivity index (χ3v) is 5.57. The molecule has 0 radical (unpaired) electrons. The molecule has 0 atom stereocenters. The Morgan fingerprint density at radius 3 is 2.69 bits per heavy atom. The number of anilines is 1. The van der Waals surface area contributed by atoms with Gasteiger partial charge in [0.2, 0.25) is 0 Å². The van der Waals surface area contributed by atoms with Crippen molar-refractivity contribution < 1.29 is 24.2 Å². The molecular formula is C19H22N4O5S. The Morgan fingerprint density at radius 1 is 1.28 bits per heavy atom. The van der Waals surface area contributed by atoms with Gasteiger partial charge in [-0.3, -0.25) is 10.1 Å². The Labute approximate surface area is 171 Å². The first-order valence-corrected chi connectivity index (χ1v) is 10.0. The summed E-state index contributed by atoms with van der Waals surface area (Å²) in [6.07, 6.45) is -0.170. The van der Waals surface area contributed by atoms with Crippen LogP contribution in [-0.4, -0.2) is 59.8 Å². The first-order chi connectivity index (χ1) is 14.0. The normalized spacial score (nSPS) is 14.3. The summed E-state index contributed by atoms with van der Waals surface area (Å²) in [5, 5.41) is 16.5. The Hall–Kier alpha value is -3.14. The van der Waals surface area contributed by atoms with Gasteiger partial charge in [-0.2, -0.15) is 0 Å². The smallest absolute Gasteiger partial charge is 0.411 e. The van der Waals surface area contributed by atoms with E-state index in [9.17, 15) is 14.4 Å². The molecule has 154 valence electrons. The monoisotopic (exact) mass is 418 g/mol. The van der Waals surface area contributed by atoms with Crippen LogP contribution in [0.1, 0.15) is 23.3 Å². The molecule has 3 rings (SSSR count). The van der Waals surface area contributed by atoms with Crippen LogP contribution in [0.5, 0.6) is 0 Å². The van der Waals surface area contributed by atoms with Gasteiger partial charge in [-0.05, 0) is 30.9 Å². The fourth-order valence-electron chi connectivity index (χ4n) is 3.04. The zero-order valence-electron chi connectivity index (χ0n) is 15.9. The van der Waals surface area contributed by atoms with Crippen molar-refractivity contribution in [3.05, 3.63) is 35.3 Å². The minimum Gasteiger partial charge on any atom is -0.465 e. The van der Waals surface area contributed by atoms with Crippen molar-refractivity contribution in [3.8, 4) is 10.6 Å². The number of carbonyl (C=O) groups excluding carboxylic acids is 2. The molecule has 1 fully saturated rings. The number of hydrogen-bond donors (Lipinski definition) is 3. The lowest BCUT2D eigenvalue weighted by atomic mass is 9.98. The number of hydrogen-bond acceptors (Lipinski definition) is 6. The van der Waals surface area contributed by atoms with Gasteiger partial charge in [-0.25, -0.2) is 14.6 Å². The maximum atomic E-state index is 12.3. The SMILES string of the molecule is CNC(=O)c1csc(-c2ccccc2NC(=O)OCC2CCN(C(=O)O)CC2)n1. The molecule has 29 heavy (non-hydrogen) atoms. The van der Waals surface area contributed by atoms with Crippen LogP contribution in [0.3, 0.4) is 0 Å². The van der Waals surface area contributed by atoms with Crippen molar-refractivity contribution in [2.24, 2.45) is 5.92 Å². The molecule has 10 heteroatoms. The van der Waals surface area contributed by atoms with Crippen LogP contribution in [-0.2, 0) is 4.74 Å². The molecule has 0 saturated carbocycles. The van der Waals surface area contributed by atoms with E-state index in [4.69, 9.17) is 9.84 Å². The van der Waals surface area contributed by atoms with E-state index in [1.807, 2.05) is 12.1 Å². The number of nitrogens with one attached hydrogen (secondary N) is 2. The number of nitrogens with zero attached hydrogens (tertiary/aromatic N) is 2. The summed E-state index contributed by atoms with van der Waals surface area (Å²) in [4.78, 5) is 40.6. The number of ether oxygens (including phenoxy) is 1. The average Bonchev–Trinajstić information content (AvgIpc) is 3.22. The van der Waals surface area contributed by atoms with Crippen LogP contribution in [0.4, 0.5) is 15.3 Å². The molecule has 0 spiro atoms. The van der Waals surface area contributed by atoms with Crippen molar-refractivity contribution in [1.82, 2.24) is 15.2 Å². The molecule has 1 aromatic heterocycles. The summed E-state index contributed by atoms with van der Waals surface area (Å²) in [7, 11) is 1.54. The highest BCUT2D eigenvalue weighted by Crippen LogP contribution is 2.30. The highest BCUT2D eigenvalue weighted by atomic mass is 32.1. The Morgan fingerprint density at radius 2 is 2.00 bits per heavy atom. The first-order valence-electron chi connectivity index (χ1n) is 9.16. The molecule has 9 nitrogen and oxygen atoms in total. The lowest BCUT2D eigenvalue weighted by molar-refractivity contribution is 0.0948. The third-order valence-electron chi connectivity index (χ3n) is 4.69. The van der Waals surface area contributed by atoms with Gasteiger partial charge < -0.3 is 20.1 Å². The molecule has 0 unspecified atom stereocenters. The number of carboxylic acid groups (broad SMARTS) is 1. The van der Waals surface area contributed by atoms with Crippen molar-refractivity contribution in [3.63, 3.8) is 0 Å². The summed E-state index contributed by atoms with van der Waals surface area (Å²) in [6, 6.07) is 7.16. The molecule has 3 N–H and O–H groups in total. The lowest BCUT2D eigenvalue weighted by Crippen LogP contribution is -2.38. The highest BCUT2D eigenvalue weighted by Gasteiger charge is 2.23. The van der Waals surface area contributed by atoms with Crippen molar-refractivity contribution in [1.29, 1.82) is 0 Å². The highest BCUT2D eigenvalue weighted by molar-refractivity contribution is 7.13. The average molecular weight is 418 g/mol. The molecule has 0 aliphatic carbocycles. The van der Waals surface area contributed by atoms with E-state index in [2.05, 4.69) is 15.6 Å². The summed E-state index contributed by atoms with van der Waals surface area (Å²) < 4.78 is 5.34. The summed E-state index contributed by atoms with van der Waals surface area (Å²) in [5.41, 5.74) is 1.55. The van der Waals surface area contributed by atoms with Crippen molar-refractivity contribution in [2.45, 2.75) is 12.8 Å². The number of piperidine rings is 1. The third kappa shape index (κ3) is 5.23. The van der Waals surface area contributed by atoms with Crippen LogP contribution in [0, 0.1) is 5.92 Å². The maximum absolute atomic E-state index is 12.3. The number of rotatable bonds is 5. The van der Waals surface area contributed by atoms with Gasteiger partial charge in [-0.15, -0.1) is 11.3 Å². The van der Waals surface area contributed by atoms with Crippen LogP contribution < -0.4 is 10.6 Å². The molecule has 2 aromatic rings. The van der Waals surface area contributed by atoms with Gasteiger partial charge in [0.25, 0.3) is 5.91 Å². The van der Waals surface area contributed by atoms with Crippen LogP contribution in [0.25, 0.3) is 10.6 Å². The van der Waals surface area contributed by atoms with Gasteiger partial charge in [-0.1, -0.05) is 12.1 Å². The Kier molecular flexibility index (Phi) is 6.65. The van der Waals surface area contributed by atoms with E-state index in [-0.39, 0.29) is 18.4 Å². The minimum absolute atomic E-state index is 0.140. The van der Waals surface area contributed by atoms with Crippen molar-refractivity contribution in [2.75, 3.05) is 32.1 Å². The predicted molar refractivity (Wildman–Crippen MR) is 108 cm³/mol. The van der Waals surface area contributed by atoms with E-state index >= 15 is 0 Å². The molecule has 2 heterocycles. The molecule has 1 aliphatic heterocycles. The van der Waals surface area contributed by atoms with Gasteiger partial charge in [0.1, 0.15) is 10.7 Å². The fraction of sp³-hybridized carbons (Fsp3) is 0.368. The van der Waals surface area contributed by atoms with Crippen LogP contribution in [0.2, 0.25) is 0 Å². The second-order valence-corrected chi connectivity index (χ2v) is 7.46. The van der Waals surface area contributed by atoms with Crippen molar-refractivity contribution >= 4 is 35.1 Å². The number of thiazole rings is 1. The first kappa shape index (κ1) is 20.6. The van der Waals surface area contributed by atoms with Crippen LogP contribution in [0.15, 0.2) is 29.6 Å². The zero-order chi connectivity index (χ0) is 20.8. The van der Waals surface area contributed by atoms with E-state index < -0.39 is 12.2 Å². The number of carbonyl (C=O) groups is 3. The van der Waals surface area contributed by atoms with Gasteiger partial charge in [0.05, 0.1) is 12.3 Å². The minimum atomic E-state index is -0.916. The number of aromatic nitrogens is 1. The summed E-state index contributed by atoms with van der Waals surface area (Å²) in [5.74, 6) is -0.132. The number of benzene rings is 1. The van der Waals surface area contributed by atoms with E-state index in [1.165, 1.54) is 16.2 Å². The van der Waals surface area contributed by atoms with Gasteiger partial charge >= 0.3 is 12.2 Å². The maximum Gasteiger partial charge on any atom is 0.411 e. The quantitative estimate of drug-likeness (QED) is 0.686. The molecule has 1 aromatic carbocycles. The summed E-state index contributed by atoms with van der Waals surface area (Å²) >= 11 is 1.31. The topological polar surface area (TPSA) is 121 Å².